The van der Waals surface area contributed by atoms with Crippen LogP contribution in [-0.4, -0.2) is 77.3 Å². The van der Waals surface area contributed by atoms with Gasteiger partial charge in [0.25, 0.3) is 0 Å². The Morgan fingerprint density at radius 3 is 2.56 bits per heavy atom. The number of rotatable bonds is 6. The number of halogens is 2. The summed E-state index contributed by atoms with van der Waals surface area (Å²) in [6.45, 7) is 10.8. The van der Waals surface area contributed by atoms with Crippen molar-refractivity contribution in [1.29, 1.82) is 0 Å². The minimum absolute atomic E-state index is 0.219. The van der Waals surface area contributed by atoms with Crippen molar-refractivity contribution in [3.05, 3.63) is 34.6 Å². The van der Waals surface area contributed by atoms with Crippen LogP contribution >= 0.6 is 11.6 Å². The monoisotopic (exact) mass is 397 g/mol. The molecule has 2 aliphatic heterocycles. The summed E-state index contributed by atoms with van der Waals surface area (Å²) in [5.41, 5.74) is 0.972. The second-order valence-corrected chi connectivity index (χ2v) is 8.64. The highest BCUT2D eigenvalue weighted by Gasteiger charge is 2.33. The van der Waals surface area contributed by atoms with E-state index < -0.39 is 0 Å². The van der Waals surface area contributed by atoms with Crippen LogP contribution in [0.1, 0.15) is 38.7 Å². The molecule has 0 aromatic heterocycles. The zero-order valence-electron chi connectivity index (χ0n) is 16.6. The van der Waals surface area contributed by atoms with E-state index in [4.69, 9.17) is 11.6 Å². The van der Waals surface area contributed by atoms with E-state index in [1.54, 1.807) is 6.07 Å². The molecule has 6 heteroatoms. The van der Waals surface area contributed by atoms with Gasteiger partial charge in [-0.25, -0.2) is 4.39 Å². The first-order valence-electron chi connectivity index (χ1n) is 10.2. The molecule has 2 aliphatic rings. The fourth-order valence-electron chi connectivity index (χ4n) is 4.59. The first-order valence-corrected chi connectivity index (χ1v) is 10.6. The van der Waals surface area contributed by atoms with E-state index in [1.807, 2.05) is 0 Å². The maximum atomic E-state index is 13.3. The summed E-state index contributed by atoms with van der Waals surface area (Å²) in [6.07, 6.45) is 3.23. The van der Waals surface area contributed by atoms with Gasteiger partial charge in [-0.2, -0.15) is 0 Å². The molecule has 0 radical (unpaired) electrons. The first kappa shape index (κ1) is 21.0. The largest absolute Gasteiger partial charge is 0.396 e. The normalized spacial score (nSPS) is 24.0. The molecule has 0 amide bonds. The smallest absolute Gasteiger partial charge is 0.124 e. The average molecular weight is 398 g/mol. The molecule has 0 spiro atoms. The number of likely N-dealkylation sites (tertiary alicyclic amines) is 1. The van der Waals surface area contributed by atoms with E-state index in [9.17, 15) is 9.50 Å². The molecule has 2 fully saturated rings. The number of aliphatic hydroxyl groups excluding tert-OH is 1. The number of hydrogen-bond acceptors (Lipinski definition) is 4. The maximum Gasteiger partial charge on any atom is 0.124 e. The van der Waals surface area contributed by atoms with Crippen molar-refractivity contribution >= 4 is 11.6 Å². The highest BCUT2D eigenvalue weighted by atomic mass is 35.5. The molecule has 1 aromatic rings. The Hall–Kier alpha value is -0.720. The predicted molar refractivity (Wildman–Crippen MR) is 109 cm³/mol. The van der Waals surface area contributed by atoms with Crippen molar-refractivity contribution in [2.45, 2.75) is 57.8 Å². The molecule has 4 nitrogen and oxygen atoms in total. The number of nitrogens with zero attached hydrogens (tertiary/aromatic N) is 3. The van der Waals surface area contributed by atoms with Crippen molar-refractivity contribution in [2.24, 2.45) is 0 Å². The SMILES string of the molecule is CC(C)N1CCC(N2CCN(Cc3ccc(F)cc3Cl)CC2CCO)CC1. The van der Waals surface area contributed by atoms with E-state index in [-0.39, 0.29) is 12.4 Å². The molecule has 0 saturated carbocycles. The lowest BCUT2D eigenvalue weighted by atomic mass is 9.97. The Labute approximate surface area is 167 Å². The summed E-state index contributed by atoms with van der Waals surface area (Å²) >= 11 is 6.21. The van der Waals surface area contributed by atoms with Crippen molar-refractivity contribution in [3.8, 4) is 0 Å². The minimum atomic E-state index is -0.292. The topological polar surface area (TPSA) is 30.0 Å². The molecule has 3 rings (SSSR count). The molecule has 152 valence electrons. The lowest BCUT2D eigenvalue weighted by Crippen LogP contribution is -2.58. The van der Waals surface area contributed by atoms with Crippen LogP contribution in [0.5, 0.6) is 0 Å². The molecule has 27 heavy (non-hydrogen) atoms. The van der Waals surface area contributed by atoms with Gasteiger partial charge in [-0.3, -0.25) is 9.80 Å². The van der Waals surface area contributed by atoms with Crippen LogP contribution in [0.25, 0.3) is 0 Å². The molecule has 0 bridgehead atoms. The van der Waals surface area contributed by atoms with Crippen LogP contribution in [0.4, 0.5) is 4.39 Å². The molecular formula is C21H33ClFN3O. The van der Waals surface area contributed by atoms with Crippen molar-refractivity contribution in [2.75, 3.05) is 39.3 Å². The lowest BCUT2D eigenvalue weighted by Gasteiger charge is -2.48. The molecule has 1 N–H and O–H groups in total. The fraction of sp³-hybridized carbons (Fsp3) is 0.714. The molecular weight excluding hydrogens is 365 g/mol. The number of piperidine rings is 1. The summed E-state index contributed by atoms with van der Waals surface area (Å²) in [5, 5.41) is 10.1. The van der Waals surface area contributed by atoms with Gasteiger partial charge < -0.3 is 10.0 Å². The predicted octanol–water partition coefficient (Wildman–Crippen LogP) is 3.22. The van der Waals surface area contributed by atoms with E-state index in [0.29, 0.717) is 23.1 Å². The third-order valence-electron chi connectivity index (χ3n) is 6.18. The average Bonchev–Trinajstić information content (AvgIpc) is 2.65. The van der Waals surface area contributed by atoms with E-state index >= 15 is 0 Å². The molecule has 2 saturated heterocycles. The van der Waals surface area contributed by atoms with Crippen molar-refractivity contribution in [1.82, 2.24) is 14.7 Å². The number of aliphatic hydroxyl groups is 1. The van der Waals surface area contributed by atoms with E-state index in [0.717, 1.165) is 38.2 Å². The summed E-state index contributed by atoms with van der Waals surface area (Å²) < 4.78 is 13.3. The van der Waals surface area contributed by atoms with Gasteiger partial charge in [-0.05, 0) is 63.9 Å². The summed E-state index contributed by atoms with van der Waals surface area (Å²) in [5.74, 6) is -0.292. The van der Waals surface area contributed by atoms with Gasteiger partial charge in [0.15, 0.2) is 0 Å². The van der Waals surface area contributed by atoms with Gasteiger partial charge in [-0.15, -0.1) is 0 Å². The summed E-state index contributed by atoms with van der Waals surface area (Å²) in [7, 11) is 0. The number of piperazine rings is 1. The Morgan fingerprint density at radius 1 is 1.19 bits per heavy atom. The summed E-state index contributed by atoms with van der Waals surface area (Å²) in [6, 6.07) is 6.27. The lowest BCUT2D eigenvalue weighted by molar-refractivity contribution is -0.0000288. The quantitative estimate of drug-likeness (QED) is 0.798. The molecule has 2 heterocycles. The Balaban J connectivity index is 1.60. The fourth-order valence-corrected chi connectivity index (χ4v) is 4.82. The van der Waals surface area contributed by atoms with Gasteiger partial charge in [0, 0.05) is 55.9 Å². The van der Waals surface area contributed by atoms with Gasteiger partial charge >= 0.3 is 0 Å². The maximum absolute atomic E-state index is 13.3. The third kappa shape index (κ3) is 5.42. The van der Waals surface area contributed by atoms with Crippen LogP contribution in [0, 0.1) is 5.82 Å². The highest BCUT2D eigenvalue weighted by molar-refractivity contribution is 6.31. The number of benzene rings is 1. The zero-order valence-corrected chi connectivity index (χ0v) is 17.3. The molecule has 0 aliphatic carbocycles. The number of hydrogen-bond donors (Lipinski definition) is 1. The van der Waals surface area contributed by atoms with E-state index in [2.05, 4.69) is 28.5 Å². The molecule has 1 atom stereocenters. The van der Waals surface area contributed by atoms with Crippen LogP contribution < -0.4 is 0 Å². The molecule has 1 aromatic carbocycles. The Kier molecular flexibility index (Phi) is 7.51. The van der Waals surface area contributed by atoms with Gasteiger partial charge in [0.2, 0.25) is 0 Å². The van der Waals surface area contributed by atoms with Crippen molar-refractivity contribution in [3.63, 3.8) is 0 Å². The van der Waals surface area contributed by atoms with E-state index in [1.165, 1.54) is 38.1 Å². The van der Waals surface area contributed by atoms with Crippen LogP contribution in [0.3, 0.4) is 0 Å². The Morgan fingerprint density at radius 2 is 1.93 bits per heavy atom. The second-order valence-electron chi connectivity index (χ2n) is 8.24. The van der Waals surface area contributed by atoms with Crippen LogP contribution in [-0.2, 0) is 6.54 Å². The van der Waals surface area contributed by atoms with Gasteiger partial charge in [-0.1, -0.05) is 17.7 Å². The standard InChI is InChI=1S/C21H33ClFN3O/c1-16(2)25-8-5-19(6-9-25)26-11-10-24(15-20(26)7-12-27)14-17-3-4-18(23)13-21(17)22/h3-4,13,16,19-20,27H,5-12,14-15H2,1-2H3. The third-order valence-corrected chi connectivity index (χ3v) is 6.53. The second kappa shape index (κ2) is 9.66. The van der Waals surface area contributed by atoms with Gasteiger partial charge in [0.05, 0.1) is 0 Å². The zero-order chi connectivity index (χ0) is 19.4. The minimum Gasteiger partial charge on any atom is -0.396 e. The van der Waals surface area contributed by atoms with Crippen molar-refractivity contribution < 1.29 is 9.50 Å². The summed E-state index contributed by atoms with van der Waals surface area (Å²) in [4.78, 5) is 7.58. The Bertz CT molecular complexity index is 607. The first-order chi connectivity index (χ1) is 13.0. The van der Waals surface area contributed by atoms with Crippen LogP contribution in [0.15, 0.2) is 18.2 Å². The van der Waals surface area contributed by atoms with Crippen LogP contribution in [0.2, 0.25) is 5.02 Å². The van der Waals surface area contributed by atoms with Gasteiger partial charge in [0.1, 0.15) is 5.82 Å². The molecule has 1 unspecified atom stereocenters. The highest BCUT2D eigenvalue weighted by Crippen LogP contribution is 2.26.